The molecule has 3 aliphatic rings. The van der Waals surface area contributed by atoms with Crippen LogP contribution in [-0.2, 0) is 4.79 Å². The zero-order valence-corrected chi connectivity index (χ0v) is 15.7. The Morgan fingerprint density at radius 3 is 2.44 bits per heavy atom. The third kappa shape index (κ3) is 3.26. The topological polar surface area (TPSA) is 57.7 Å². The number of benzene rings is 1. The van der Waals surface area contributed by atoms with Crippen molar-refractivity contribution in [3.8, 4) is 0 Å². The van der Waals surface area contributed by atoms with Gasteiger partial charge >= 0.3 is 0 Å². The van der Waals surface area contributed by atoms with E-state index in [1.165, 1.54) is 19.1 Å². The first-order chi connectivity index (χ1) is 12.9. The minimum atomic E-state index is -0.661. The molecule has 1 atom stereocenters. The first-order valence-corrected chi connectivity index (χ1v) is 9.82. The molecule has 144 valence electrons. The molecule has 1 aromatic carbocycles. The quantitative estimate of drug-likeness (QED) is 0.767. The SMILES string of the molecule is CC(=O)c1ccc(C(=O)N2CCCC3(CCCN3C(=O)C3CC3)C2)cc1F. The number of Topliss-reactive ketones (excluding diaryl/α,β-unsaturated/α-hetero) is 1. The van der Waals surface area contributed by atoms with Gasteiger partial charge in [0.1, 0.15) is 5.82 Å². The van der Waals surface area contributed by atoms with Crippen molar-refractivity contribution in [3.63, 3.8) is 0 Å². The highest BCUT2D eigenvalue weighted by Gasteiger charge is 2.49. The van der Waals surface area contributed by atoms with Gasteiger partial charge in [-0.3, -0.25) is 14.4 Å². The lowest BCUT2D eigenvalue weighted by Gasteiger charge is -2.46. The zero-order valence-electron chi connectivity index (χ0n) is 15.7. The minimum Gasteiger partial charge on any atom is -0.336 e. The Hall–Kier alpha value is -2.24. The molecule has 1 aliphatic carbocycles. The van der Waals surface area contributed by atoms with Crippen molar-refractivity contribution in [2.75, 3.05) is 19.6 Å². The lowest BCUT2D eigenvalue weighted by molar-refractivity contribution is -0.138. The summed E-state index contributed by atoms with van der Waals surface area (Å²) < 4.78 is 14.1. The Morgan fingerprint density at radius 2 is 1.81 bits per heavy atom. The lowest BCUT2D eigenvalue weighted by Crippen LogP contribution is -2.58. The Kier molecular flexibility index (Phi) is 4.52. The number of carbonyl (C=O) groups excluding carboxylic acids is 3. The van der Waals surface area contributed by atoms with Gasteiger partial charge in [-0.25, -0.2) is 4.39 Å². The second-order valence-corrected chi connectivity index (χ2v) is 8.17. The molecule has 1 spiro atoms. The third-order valence-corrected chi connectivity index (χ3v) is 6.23. The van der Waals surface area contributed by atoms with Crippen molar-refractivity contribution < 1.29 is 18.8 Å². The maximum absolute atomic E-state index is 14.1. The second-order valence-electron chi connectivity index (χ2n) is 8.17. The number of rotatable bonds is 3. The normalized spacial score (nSPS) is 25.1. The van der Waals surface area contributed by atoms with E-state index in [0.29, 0.717) is 13.1 Å². The van der Waals surface area contributed by atoms with Gasteiger partial charge in [0.25, 0.3) is 5.91 Å². The standard InChI is InChI=1S/C21H25FN2O3/c1-14(25)17-7-6-16(12-18(17)22)19(26)23-10-2-8-21(13-23)9-3-11-24(21)20(27)15-4-5-15/h6-7,12,15H,2-5,8-11,13H2,1H3. The number of likely N-dealkylation sites (tertiary alicyclic amines) is 2. The van der Waals surface area contributed by atoms with E-state index in [1.807, 2.05) is 4.90 Å². The summed E-state index contributed by atoms with van der Waals surface area (Å²) in [5.41, 5.74) is -0.00267. The number of carbonyl (C=O) groups is 3. The lowest BCUT2D eigenvalue weighted by atomic mass is 9.85. The molecule has 27 heavy (non-hydrogen) atoms. The second kappa shape index (κ2) is 6.73. The van der Waals surface area contributed by atoms with Crippen LogP contribution in [0, 0.1) is 11.7 Å². The Bertz CT molecular complexity index is 805. The molecule has 2 aliphatic heterocycles. The molecule has 1 aromatic rings. The smallest absolute Gasteiger partial charge is 0.254 e. The van der Waals surface area contributed by atoms with Crippen LogP contribution in [0.25, 0.3) is 0 Å². The fourth-order valence-electron chi connectivity index (χ4n) is 4.66. The Labute approximate surface area is 158 Å². The summed E-state index contributed by atoms with van der Waals surface area (Å²) in [6.45, 7) is 3.21. The van der Waals surface area contributed by atoms with Gasteiger partial charge in [-0.1, -0.05) is 0 Å². The average Bonchev–Trinajstić information content (AvgIpc) is 3.43. The van der Waals surface area contributed by atoms with Gasteiger partial charge in [0.05, 0.1) is 11.1 Å². The number of hydrogen-bond donors (Lipinski definition) is 0. The molecular formula is C21H25FN2O3. The summed E-state index contributed by atoms with van der Waals surface area (Å²) in [4.78, 5) is 40.9. The highest BCUT2D eigenvalue weighted by molar-refractivity contribution is 5.98. The fourth-order valence-corrected chi connectivity index (χ4v) is 4.66. The van der Waals surface area contributed by atoms with Gasteiger partial charge < -0.3 is 9.80 Å². The Balaban J connectivity index is 1.54. The van der Waals surface area contributed by atoms with Crippen molar-refractivity contribution in [1.29, 1.82) is 0 Å². The summed E-state index contributed by atoms with van der Waals surface area (Å²) in [6, 6.07) is 4.05. The summed E-state index contributed by atoms with van der Waals surface area (Å²) in [5.74, 6) is -0.818. The molecule has 0 aromatic heterocycles. The van der Waals surface area contributed by atoms with Crippen LogP contribution < -0.4 is 0 Å². The Morgan fingerprint density at radius 1 is 1.11 bits per heavy atom. The predicted octanol–water partition coefficient (Wildman–Crippen LogP) is 3.04. The van der Waals surface area contributed by atoms with Crippen LogP contribution >= 0.6 is 0 Å². The highest BCUT2D eigenvalue weighted by atomic mass is 19.1. The van der Waals surface area contributed by atoms with Gasteiger partial charge in [-0.15, -0.1) is 0 Å². The monoisotopic (exact) mass is 372 g/mol. The van der Waals surface area contributed by atoms with Crippen LogP contribution in [0.2, 0.25) is 0 Å². The molecule has 5 nitrogen and oxygen atoms in total. The van der Waals surface area contributed by atoms with Crippen molar-refractivity contribution in [3.05, 3.63) is 35.1 Å². The van der Waals surface area contributed by atoms with Gasteiger partial charge in [-0.2, -0.15) is 0 Å². The van der Waals surface area contributed by atoms with Crippen LogP contribution in [0.3, 0.4) is 0 Å². The third-order valence-electron chi connectivity index (χ3n) is 6.23. The maximum atomic E-state index is 14.1. The molecule has 1 unspecified atom stereocenters. The molecule has 2 saturated heterocycles. The molecule has 6 heteroatoms. The molecule has 2 amide bonds. The molecule has 2 heterocycles. The van der Waals surface area contributed by atoms with Crippen LogP contribution in [0.5, 0.6) is 0 Å². The molecular weight excluding hydrogens is 347 g/mol. The number of piperidine rings is 1. The van der Waals surface area contributed by atoms with Gasteiger partial charge in [0.2, 0.25) is 5.91 Å². The van der Waals surface area contributed by atoms with E-state index in [9.17, 15) is 18.8 Å². The number of hydrogen-bond acceptors (Lipinski definition) is 3. The van der Waals surface area contributed by atoms with E-state index < -0.39 is 5.82 Å². The summed E-state index contributed by atoms with van der Waals surface area (Å²) in [5, 5.41) is 0. The van der Waals surface area contributed by atoms with Gasteiger partial charge in [0, 0.05) is 31.1 Å². The number of amides is 2. The van der Waals surface area contributed by atoms with Gasteiger partial charge in [-0.05, 0) is 63.6 Å². The van der Waals surface area contributed by atoms with E-state index in [4.69, 9.17) is 0 Å². The number of halogens is 1. The molecule has 0 bridgehead atoms. The predicted molar refractivity (Wildman–Crippen MR) is 97.9 cm³/mol. The largest absolute Gasteiger partial charge is 0.336 e. The molecule has 0 N–H and O–H groups in total. The molecule has 4 rings (SSSR count). The van der Waals surface area contributed by atoms with Crippen molar-refractivity contribution in [2.24, 2.45) is 5.92 Å². The molecule has 0 radical (unpaired) electrons. The van der Waals surface area contributed by atoms with E-state index >= 15 is 0 Å². The summed E-state index contributed by atoms with van der Waals surface area (Å²) >= 11 is 0. The van der Waals surface area contributed by atoms with Crippen LogP contribution in [0.1, 0.15) is 66.2 Å². The van der Waals surface area contributed by atoms with E-state index in [-0.39, 0.29) is 40.2 Å². The first-order valence-electron chi connectivity index (χ1n) is 9.82. The number of nitrogens with zero attached hydrogens (tertiary/aromatic N) is 2. The summed E-state index contributed by atoms with van der Waals surface area (Å²) in [7, 11) is 0. The van der Waals surface area contributed by atoms with E-state index in [2.05, 4.69) is 0 Å². The van der Waals surface area contributed by atoms with Crippen molar-refractivity contribution in [2.45, 2.75) is 51.0 Å². The number of ketones is 1. The maximum Gasteiger partial charge on any atom is 0.254 e. The molecule has 1 saturated carbocycles. The van der Waals surface area contributed by atoms with Gasteiger partial charge in [0.15, 0.2) is 5.78 Å². The van der Waals surface area contributed by atoms with Crippen LogP contribution in [0.15, 0.2) is 18.2 Å². The zero-order chi connectivity index (χ0) is 19.2. The van der Waals surface area contributed by atoms with Crippen LogP contribution in [0.4, 0.5) is 4.39 Å². The highest BCUT2D eigenvalue weighted by Crippen LogP contribution is 2.42. The fraction of sp³-hybridized carbons (Fsp3) is 0.571. The van der Waals surface area contributed by atoms with Crippen molar-refractivity contribution >= 4 is 17.6 Å². The summed E-state index contributed by atoms with van der Waals surface area (Å²) in [6.07, 6.45) is 5.63. The average molecular weight is 372 g/mol. The first kappa shape index (κ1) is 18.1. The van der Waals surface area contributed by atoms with Crippen LogP contribution in [-0.4, -0.2) is 52.6 Å². The minimum absolute atomic E-state index is 0.00124. The van der Waals surface area contributed by atoms with E-state index in [1.54, 1.807) is 4.90 Å². The van der Waals surface area contributed by atoms with E-state index in [0.717, 1.165) is 51.1 Å². The molecule has 3 fully saturated rings. The van der Waals surface area contributed by atoms with Crippen molar-refractivity contribution in [1.82, 2.24) is 9.80 Å².